The van der Waals surface area contributed by atoms with Crippen LogP contribution in [0.1, 0.15) is 118 Å². The molecule has 1 aromatic carbocycles. The van der Waals surface area contributed by atoms with Gasteiger partial charge in [-0.2, -0.15) is 0 Å². The van der Waals surface area contributed by atoms with Crippen LogP contribution in [0.15, 0.2) is 29.3 Å². The lowest BCUT2D eigenvalue weighted by atomic mass is 9.91. The Morgan fingerprint density at radius 3 is 2.14 bits per heavy atom. The average molecular weight is 987 g/mol. The van der Waals surface area contributed by atoms with Crippen LogP contribution in [0.4, 0.5) is 0 Å². The van der Waals surface area contributed by atoms with Crippen molar-refractivity contribution in [3.63, 3.8) is 0 Å². The molecule has 23 heteroatoms. The Kier molecular flexibility index (Phi) is 22.8. The number of ether oxygens (including phenoxy) is 1. The SMILES string of the molecule is CCCCCC(=O)N[C@@H](CC(=O)O)C(=O)N[C@H]1C(=O)N[C@@H](CCCN=C(N)N)C(=O)NC2CCC(O)N(C2=O)[C@@H]([C@H](C)CC)C(=O)N(C)[C@@H](Cc2ccc(O)cc2)C(=O)N[C@@H]([C@@H](C)CC)C(=O)O[C@@H]1C. The lowest BCUT2D eigenvalue weighted by Gasteiger charge is -2.44. The van der Waals surface area contributed by atoms with Gasteiger partial charge < -0.3 is 67.9 Å². The van der Waals surface area contributed by atoms with Crippen molar-refractivity contribution >= 4 is 59.2 Å². The van der Waals surface area contributed by atoms with Crippen molar-refractivity contribution in [2.45, 2.75) is 173 Å². The first kappa shape index (κ1) is 57.8. The van der Waals surface area contributed by atoms with Gasteiger partial charge in [0.25, 0.3) is 0 Å². The minimum absolute atomic E-state index is 0.00398. The average Bonchev–Trinajstić information content (AvgIpc) is 3.30. The molecule has 2 aliphatic heterocycles. The van der Waals surface area contributed by atoms with E-state index in [1.165, 1.54) is 26.1 Å². The molecule has 12 N–H and O–H groups in total. The zero-order chi connectivity index (χ0) is 52.4. The number of piperidine rings is 1. The van der Waals surface area contributed by atoms with E-state index in [1.807, 2.05) is 6.92 Å². The molecule has 2 bridgehead atoms. The molecule has 390 valence electrons. The number of amides is 7. The van der Waals surface area contributed by atoms with Crippen molar-refractivity contribution in [3.05, 3.63) is 29.8 Å². The molecule has 70 heavy (non-hydrogen) atoms. The standard InChI is InChI=1S/C47H74N10O13/c1-8-11-12-15-34(59)51-32(24-36(61)62)41(64)55-38-27(6)70-46(69)37(25(4)9-2)54-42(65)33(23-28-16-18-29(58)19-17-28)56(7)45(68)39(26(5)10-3)57-35(60)21-20-31(44(57)67)53-40(63)30(52-43(38)66)14-13-22-50-47(48)49/h16-19,25-27,30-33,35,37-39,58,60H,8-15,20-24H2,1-7H3,(H,51,59)(H,52,66)(H,53,63)(H,54,65)(H,55,64)(H,61,62)(H4,48,49,50)/t25-,26+,27+,30-,31?,32-,33-,35?,37-,38+,39-/m0/s1. The number of benzene rings is 1. The number of phenols is 1. The summed E-state index contributed by atoms with van der Waals surface area (Å²) >= 11 is 0. The molecule has 3 rings (SSSR count). The maximum absolute atomic E-state index is 14.9. The third-order valence-electron chi connectivity index (χ3n) is 12.9. The number of phenolic OH excluding ortho intramolecular Hbond substituents is 1. The van der Waals surface area contributed by atoms with Crippen molar-refractivity contribution in [3.8, 4) is 5.75 Å². The molecule has 2 fully saturated rings. The predicted molar refractivity (Wildman–Crippen MR) is 255 cm³/mol. The fourth-order valence-corrected chi connectivity index (χ4v) is 8.23. The lowest BCUT2D eigenvalue weighted by molar-refractivity contribution is -0.168. The molecule has 11 atom stereocenters. The summed E-state index contributed by atoms with van der Waals surface area (Å²) in [4.78, 5) is 132. The van der Waals surface area contributed by atoms with Gasteiger partial charge in [-0.1, -0.05) is 72.4 Å². The summed E-state index contributed by atoms with van der Waals surface area (Å²) in [6.07, 6.45) is -1.87. The number of aliphatic carboxylic acids is 1. The second-order valence-corrected chi connectivity index (χ2v) is 18.2. The molecular formula is C47H74N10O13. The number of carboxylic acid groups (broad SMARTS) is 1. The van der Waals surface area contributed by atoms with Gasteiger partial charge in [-0.3, -0.25) is 43.3 Å². The molecule has 2 heterocycles. The highest BCUT2D eigenvalue weighted by atomic mass is 16.5. The Labute approximate surface area is 408 Å². The van der Waals surface area contributed by atoms with Gasteiger partial charge in [-0.25, -0.2) is 4.79 Å². The Bertz CT molecular complexity index is 2030. The molecule has 2 unspecified atom stereocenters. The van der Waals surface area contributed by atoms with E-state index in [4.69, 9.17) is 16.2 Å². The minimum atomic E-state index is -1.88. The maximum Gasteiger partial charge on any atom is 0.329 e. The van der Waals surface area contributed by atoms with Crippen LogP contribution in [0.3, 0.4) is 0 Å². The number of carboxylic acids is 1. The number of esters is 1. The molecule has 0 aliphatic carbocycles. The highest BCUT2D eigenvalue weighted by molar-refractivity contribution is 5.99. The van der Waals surface area contributed by atoms with E-state index in [9.17, 15) is 58.5 Å². The monoisotopic (exact) mass is 987 g/mol. The first-order chi connectivity index (χ1) is 33.0. The van der Waals surface area contributed by atoms with Crippen molar-refractivity contribution in [2.24, 2.45) is 28.3 Å². The van der Waals surface area contributed by atoms with Crippen LogP contribution in [0.25, 0.3) is 0 Å². The van der Waals surface area contributed by atoms with Crippen molar-refractivity contribution in [2.75, 3.05) is 13.6 Å². The smallest absolute Gasteiger partial charge is 0.329 e. The fraction of sp³-hybridized carbons (Fsp3) is 0.660. The fourth-order valence-electron chi connectivity index (χ4n) is 8.23. The highest BCUT2D eigenvalue weighted by Crippen LogP contribution is 2.28. The third kappa shape index (κ3) is 16.6. The summed E-state index contributed by atoms with van der Waals surface area (Å²) in [5.74, 6) is -10.2. The number of aliphatic hydroxyl groups excluding tert-OH is 1. The number of cyclic esters (lactones) is 1. The van der Waals surface area contributed by atoms with Crippen LogP contribution in [0, 0.1) is 11.8 Å². The van der Waals surface area contributed by atoms with Gasteiger partial charge in [0.15, 0.2) is 5.96 Å². The Balaban J connectivity index is 2.27. The summed E-state index contributed by atoms with van der Waals surface area (Å²) in [6, 6.07) is -4.72. The Hall–Kier alpha value is -6.52. The summed E-state index contributed by atoms with van der Waals surface area (Å²) in [7, 11) is 1.35. The van der Waals surface area contributed by atoms with Crippen LogP contribution in [-0.2, 0) is 54.3 Å². The van der Waals surface area contributed by atoms with Crippen LogP contribution in [0.2, 0.25) is 0 Å². The predicted octanol–water partition coefficient (Wildman–Crippen LogP) is -0.359. The van der Waals surface area contributed by atoms with E-state index >= 15 is 0 Å². The first-order valence-corrected chi connectivity index (χ1v) is 24.1. The minimum Gasteiger partial charge on any atom is -0.508 e. The molecule has 0 saturated carbocycles. The maximum atomic E-state index is 14.9. The Morgan fingerprint density at radius 1 is 0.886 bits per heavy atom. The van der Waals surface area contributed by atoms with E-state index in [1.54, 1.807) is 39.8 Å². The van der Waals surface area contributed by atoms with Crippen LogP contribution in [-0.4, -0.2) is 153 Å². The van der Waals surface area contributed by atoms with Gasteiger partial charge in [0.05, 0.1) is 6.42 Å². The number of nitrogens with two attached hydrogens (primary N) is 2. The molecule has 23 nitrogen and oxygen atoms in total. The molecule has 0 radical (unpaired) electrons. The van der Waals surface area contributed by atoms with Crippen LogP contribution >= 0.6 is 0 Å². The summed E-state index contributed by atoms with van der Waals surface area (Å²) in [5, 5.41) is 44.0. The molecule has 1 aromatic rings. The van der Waals surface area contributed by atoms with E-state index in [2.05, 4.69) is 31.6 Å². The largest absolute Gasteiger partial charge is 0.508 e. The number of hydrogen-bond donors (Lipinski definition) is 10. The molecule has 2 aliphatic rings. The van der Waals surface area contributed by atoms with Gasteiger partial charge in [0.1, 0.15) is 60.4 Å². The second-order valence-electron chi connectivity index (χ2n) is 18.2. The summed E-state index contributed by atoms with van der Waals surface area (Å²) in [5.41, 5.74) is 11.5. The van der Waals surface area contributed by atoms with Crippen LogP contribution in [0.5, 0.6) is 5.75 Å². The zero-order valence-corrected chi connectivity index (χ0v) is 41.3. The normalized spacial score (nSPS) is 25.3. The number of hydrogen-bond acceptors (Lipinski definition) is 13. The molecule has 0 aromatic heterocycles. The van der Waals surface area contributed by atoms with E-state index in [0.717, 1.165) is 16.2 Å². The molecule has 0 spiro atoms. The van der Waals surface area contributed by atoms with Crippen molar-refractivity contribution in [1.29, 1.82) is 0 Å². The topological polar surface area (TPSA) is 355 Å². The number of nitrogens with zero attached hydrogens (tertiary/aromatic N) is 3. The van der Waals surface area contributed by atoms with E-state index < -0.39 is 126 Å². The number of guanidine groups is 1. The third-order valence-corrected chi connectivity index (χ3v) is 12.9. The molecular weight excluding hydrogens is 913 g/mol. The van der Waals surface area contributed by atoms with Gasteiger partial charge in [0.2, 0.25) is 41.4 Å². The van der Waals surface area contributed by atoms with Crippen LogP contribution < -0.4 is 38.1 Å². The van der Waals surface area contributed by atoms with Crippen molar-refractivity contribution < 1.29 is 63.2 Å². The number of carbonyl (C=O) groups excluding carboxylic acids is 8. The van der Waals surface area contributed by atoms with Gasteiger partial charge in [0, 0.05) is 26.4 Å². The number of carbonyl (C=O) groups is 9. The lowest BCUT2D eigenvalue weighted by Crippen LogP contribution is -2.66. The number of rotatable bonds is 19. The first-order valence-electron chi connectivity index (χ1n) is 24.1. The quantitative estimate of drug-likeness (QED) is 0.0366. The van der Waals surface area contributed by atoms with Gasteiger partial charge >= 0.3 is 11.9 Å². The van der Waals surface area contributed by atoms with E-state index in [-0.39, 0.29) is 56.8 Å². The molecule has 7 amide bonds. The number of fused-ring (bicyclic) bond motifs is 2. The second kappa shape index (κ2) is 27.6. The van der Waals surface area contributed by atoms with E-state index in [0.29, 0.717) is 31.2 Å². The number of aliphatic imine (C=N–C) groups is 1. The summed E-state index contributed by atoms with van der Waals surface area (Å²) < 4.78 is 5.87. The van der Waals surface area contributed by atoms with Crippen molar-refractivity contribution in [1.82, 2.24) is 36.4 Å². The molecule has 2 saturated heterocycles. The Morgan fingerprint density at radius 2 is 1.54 bits per heavy atom. The zero-order valence-electron chi connectivity index (χ0n) is 41.3. The van der Waals surface area contributed by atoms with Gasteiger partial charge in [-0.05, 0) is 68.6 Å². The number of nitrogens with one attached hydrogen (secondary N) is 5. The summed E-state index contributed by atoms with van der Waals surface area (Å²) in [6.45, 7) is 10.0. The number of aromatic hydroxyl groups is 1. The number of aliphatic hydroxyl groups is 1. The number of unbranched alkanes of at least 4 members (excludes halogenated alkanes) is 2. The highest BCUT2D eigenvalue weighted by Gasteiger charge is 2.47. The number of likely N-dealkylation sites (N-methyl/N-ethyl adjacent to an activating group) is 1. The van der Waals surface area contributed by atoms with Gasteiger partial charge in [-0.15, -0.1) is 0 Å².